The van der Waals surface area contributed by atoms with Gasteiger partial charge in [0, 0.05) is 6.20 Å². The largest absolute Gasteiger partial charge is 0.354 e. The SMILES string of the molecule is Cc1cccnc1CNc1n[nH]c(=S)s1. The molecule has 2 aromatic heterocycles. The number of pyridine rings is 1. The first-order valence-corrected chi connectivity index (χ1v) is 5.68. The van der Waals surface area contributed by atoms with Gasteiger partial charge in [-0.15, -0.1) is 5.10 Å². The van der Waals surface area contributed by atoms with Crippen molar-refractivity contribution in [3.05, 3.63) is 33.5 Å². The number of anilines is 1. The van der Waals surface area contributed by atoms with Crippen LogP contribution in [0.25, 0.3) is 0 Å². The highest BCUT2D eigenvalue weighted by atomic mass is 32.1. The van der Waals surface area contributed by atoms with Gasteiger partial charge < -0.3 is 5.32 Å². The molecule has 0 radical (unpaired) electrons. The Morgan fingerprint density at radius 2 is 2.47 bits per heavy atom. The van der Waals surface area contributed by atoms with Gasteiger partial charge in [-0.2, -0.15) is 0 Å². The van der Waals surface area contributed by atoms with Gasteiger partial charge in [-0.1, -0.05) is 17.4 Å². The molecule has 2 rings (SSSR count). The predicted octanol–water partition coefficient (Wildman–Crippen LogP) is 2.52. The maximum atomic E-state index is 4.93. The summed E-state index contributed by atoms with van der Waals surface area (Å²) in [6.45, 7) is 2.71. The van der Waals surface area contributed by atoms with E-state index in [-0.39, 0.29) is 0 Å². The maximum absolute atomic E-state index is 4.93. The molecule has 0 amide bonds. The van der Waals surface area contributed by atoms with Crippen LogP contribution < -0.4 is 5.32 Å². The molecule has 0 fully saturated rings. The van der Waals surface area contributed by atoms with Crippen LogP contribution in [-0.2, 0) is 6.54 Å². The Hall–Kier alpha value is -1.27. The topological polar surface area (TPSA) is 53.6 Å². The zero-order valence-corrected chi connectivity index (χ0v) is 9.78. The minimum absolute atomic E-state index is 0.669. The summed E-state index contributed by atoms with van der Waals surface area (Å²) in [5.74, 6) is 0. The molecule has 6 heteroatoms. The minimum Gasteiger partial charge on any atom is -0.354 e. The molecule has 2 aromatic rings. The van der Waals surface area contributed by atoms with Crippen molar-refractivity contribution in [2.75, 3.05) is 5.32 Å². The number of nitrogens with one attached hydrogen (secondary N) is 2. The molecule has 0 unspecified atom stereocenters. The van der Waals surface area contributed by atoms with Crippen molar-refractivity contribution in [2.24, 2.45) is 0 Å². The van der Waals surface area contributed by atoms with Crippen molar-refractivity contribution in [3.63, 3.8) is 0 Å². The summed E-state index contributed by atoms with van der Waals surface area (Å²) in [6, 6.07) is 3.97. The van der Waals surface area contributed by atoms with Crippen molar-refractivity contribution in [1.82, 2.24) is 15.2 Å². The molecular weight excluding hydrogens is 228 g/mol. The molecule has 0 saturated carbocycles. The number of aromatic nitrogens is 3. The summed E-state index contributed by atoms with van der Waals surface area (Å²) in [5.41, 5.74) is 2.20. The zero-order valence-electron chi connectivity index (χ0n) is 8.15. The molecule has 0 aliphatic carbocycles. The summed E-state index contributed by atoms with van der Waals surface area (Å²) in [6.07, 6.45) is 1.79. The number of hydrogen-bond donors (Lipinski definition) is 2. The Bertz CT molecular complexity index is 503. The van der Waals surface area contributed by atoms with Gasteiger partial charge in [-0.3, -0.25) is 10.1 Å². The van der Waals surface area contributed by atoms with E-state index < -0.39 is 0 Å². The second kappa shape index (κ2) is 4.50. The lowest BCUT2D eigenvalue weighted by molar-refractivity contribution is 0.992. The van der Waals surface area contributed by atoms with Gasteiger partial charge in [0.2, 0.25) is 5.13 Å². The lowest BCUT2D eigenvalue weighted by Crippen LogP contribution is -2.03. The Labute approximate surface area is 96.4 Å². The third-order valence-electron chi connectivity index (χ3n) is 1.96. The highest BCUT2D eigenvalue weighted by Crippen LogP contribution is 2.12. The fraction of sp³-hybridized carbons (Fsp3) is 0.222. The second-order valence-corrected chi connectivity index (χ2v) is 4.70. The molecule has 0 aliphatic heterocycles. The molecule has 2 N–H and O–H groups in total. The molecule has 0 aliphatic rings. The molecule has 15 heavy (non-hydrogen) atoms. The van der Waals surface area contributed by atoms with Crippen molar-refractivity contribution in [3.8, 4) is 0 Å². The van der Waals surface area contributed by atoms with Crippen LogP contribution in [0.2, 0.25) is 0 Å². The highest BCUT2D eigenvalue weighted by Gasteiger charge is 2.00. The van der Waals surface area contributed by atoms with Gasteiger partial charge in [0.05, 0.1) is 12.2 Å². The van der Waals surface area contributed by atoms with Gasteiger partial charge in [0.25, 0.3) is 0 Å². The van der Waals surface area contributed by atoms with Gasteiger partial charge >= 0.3 is 0 Å². The number of hydrogen-bond acceptors (Lipinski definition) is 5. The first-order chi connectivity index (χ1) is 7.25. The van der Waals surface area contributed by atoms with E-state index >= 15 is 0 Å². The molecule has 0 spiro atoms. The average molecular weight is 238 g/mol. The molecule has 0 aromatic carbocycles. The van der Waals surface area contributed by atoms with Crippen molar-refractivity contribution < 1.29 is 0 Å². The summed E-state index contributed by atoms with van der Waals surface area (Å²) in [5, 5.41) is 10.7. The minimum atomic E-state index is 0.669. The average Bonchev–Trinajstić information content (AvgIpc) is 2.63. The Balaban J connectivity index is 2.05. The van der Waals surface area contributed by atoms with Crippen LogP contribution in [0.4, 0.5) is 5.13 Å². The van der Waals surface area contributed by atoms with Crippen LogP contribution in [0.3, 0.4) is 0 Å². The lowest BCUT2D eigenvalue weighted by Gasteiger charge is -2.03. The smallest absolute Gasteiger partial charge is 0.204 e. The van der Waals surface area contributed by atoms with E-state index in [0.29, 0.717) is 10.5 Å². The van der Waals surface area contributed by atoms with Crippen molar-refractivity contribution >= 4 is 28.7 Å². The standard InChI is InChI=1S/C9H10N4S2/c1-6-3-2-4-10-7(6)5-11-8-12-13-9(14)15-8/h2-4H,5H2,1H3,(H,11,12)(H,13,14). The highest BCUT2D eigenvalue weighted by molar-refractivity contribution is 7.73. The van der Waals surface area contributed by atoms with E-state index in [1.165, 1.54) is 16.9 Å². The van der Waals surface area contributed by atoms with E-state index in [1.54, 1.807) is 6.20 Å². The molecule has 4 nitrogen and oxygen atoms in total. The molecule has 0 bridgehead atoms. The summed E-state index contributed by atoms with van der Waals surface area (Å²) < 4.78 is 0.676. The Morgan fingerprint density at radius 1 is 1.60 bits per heavy atom. The van der Waals surface area contributed by atoms with Crippen LogP contribution in [0.5, 0.6) is 0 Å². The van der Waals surface area contributed by atoms with Gasteiger partial charge in [0.15, 0.2) is 3.95 Å². The third-order valence-corrected chi connectivity index (χ3v) is 3.01. The molecule has 0 atom stereocenters. The molecular formula is C9H10N4S2. The number of aryl methyl sites for hydroxylation is 1. The van der Waals surface area contributed by atoms with E-state index in [9.17, 15) is 0 Å². The second-order valence-electron chi connectivity index (χ2n) is 3.04. The normalized spacial score (nSPS) is 10.2. The van der Waals surface area contributed by atoms with E-state index in [1.807, 2.05) is 19.1 Å². The first kappa shape index (κ1) is 10.3. The predicted molar refractivity (Wildman–Crippen MR) is 63.6 cm³/mol. The van der Waals surface area contributed by atoms with Crippen LogP contribution in [-0.4, -0.2) is 15.2 Å². The third kappa shape index (κ3) is 2.60. The van der Waals surface area contributed by atoms with Crippen LogP contribution in [0.15, 0.2) is 18.3 Å². The van der Waals surface area contributed by atoms with Crippen molar-refractivity contribution in [2.45, 2.75) is 13.5 Å². The quantitative estimate of drug-likeness (QED) is 0.807. The van der Waals surface area contributed by atoms with Gasteiger partial charge in [-0.25, -0.2) is 0 Å². The number of nitrogens with zero attached hydrogens (tertiary/aromatic N) is 2. The lowest BCUT2D eigenvalue weighted by atomic mass is 10.2. The number of rotatable bonds is 3. The summed E-state index contributed by atoms with van der Waals surface area (Å²) in [7, 11) is 0. The summed E-state index contributed by atoms with van der Waals surface area (Å²) >= 11 is 6.36. The van der Waals surface area contributed by atoms with Crippen LogP contribution in [0, 0.1) is 10.9 Å². The zero-order chi connectivity index (χ0) is 10.7. The van der Waals surface area contributed by atoms with Gasteiger partial charge in [0.1, 0.15) is 0 Å². The molecule has 78 valence electrons. The fourth-order valence-electron chi connectivity index (χ4n) is 1.17. The van der Waals surface area contributed by atoms with Crippen molar-refractivity contribution in [1.29, 1.82) is 0 Å². The first-order valence-electron chi connectivity index (χ1n) is 4.45. The van der Waals surface area contributed by atoms with Crippen LogP contribution >= 0.6 is 23.6 Å². The van der Waals surface area contributed by atoms with Crippen LogP contribution in [0.1, 0.15) is 11.3 Å². The molecule has 2 heterocycles. The number of H-pyrrole nitrogens is 1. The fourth-order valence-corrected chi connectivity index (χ4v) is 1.95. The van der Waals surface area contributed by atoms with E-state index in [4.69, 9.17) is 12.2 Å². The van der Waals surface area contributed by atoms with Gasteiger partial charge in [-0.05, 0) is 30.8 Å². The van der Waals surface area contributed by atoms with E-state index in [2.05, 4.69) is 20.5 Å². The molecule has 0 saturated heterocycles. The number of aromatic amines is 1. The van der Waals surface area contributed by atoms with E-state index in [0.717, 1.165) is 10.8 Å². The Morgan fingerprint density at radius 3 is 3.13 bits per heavy atom. The monoisotopic (exact) mass is 238 g/mol. The summed E-state index contributed by atoms with van der Waals surface area (Å²) in [4.78, 5) is 4.28. The Kier molecular flexibility index (Phi) is 3.08. The maximum Gasteiger partial charge on any atom is 0.204 e.